The Hall–Kier alpha value is -2.82. The number of nitrogens with zero attached hydrogens (tertiary/aromatic N) is 2. The lowest BCUT2D eigenvalue weighted by Gasteiger charge is -2.21. The number of amides is 2. The van der Waals surface area contributed by atoms with Gasteiger partial charge in [-0.25, -0.2) is 0 Å². The summed E-state index contributed by atoms with van der Waals surface area (Å²) in [5, 5.41) is 2.94. The summed E-state index contributed by atoms with van der Waals surface area (Å²) in [6.45, 7) is 4.90. The molecule has 0 saturated carbocycles. The lowest BCUT2D eigenvalue weighted by Crippen LogP contribution is -2.33. The largest absolute Gasteiger partial charge is 0.372 e. The molecule has 0 spiro atoms. The van der Waals surface area contributed by atoms with Crippen molar-refractivity contribution in [1.29, 1.82) is 0 Å². The van der Waals surface area contributed by atoms with E-state index in [4.69, 9.17) is 0 Å². The Bertz CT molecular complexity index is 784. The second kappa shape index (κ2) is 10.6. The summed E-state index contributed by atoms with van der Waals surface area (Å²) >= 11 is 0. The molecule has 0 bridgehead atoms. The van der Waals surface area contributed by atoms with Gasteiger partial charge in [-0.15, -0.1) is 0 Å². The molecule has 1 aliphatic rings. The normalized spacial score (nSPS) is 13.3. The van der Waals surface area contributed by atoms with Crippen molar-refractivity contribution in [2.24, 2.45) is 0 Å². The minimum absolute atomic E-state index is 0.0147. The Balaban J connectivity index is 1.41. The quantitative estimate of drug-likeness (QED) is 0.698. The van der Waals surface area contributed by atoms with Crippen molar-refractivity contribution >= 4 is 23.2 Å². The van der Waals surface area contributed by atoms with Gasteiger partial charge in [0.25, 0.3) is 0 Å². The van der Waals surface area contributed by atoms with Gasteiger partial charge < -0.3 is 15.1 Å². The summed E-state index contributed by atoms with van der Waals surface area (Å²) in [5.74, 6) is -0.0472. The van der Waals surface area contributed by atoms with E-state index in [9.17, 15) is 9.59 Å². The molecule has 2 aromatic carbocycles. The molecule has 1 fully saturated rings. The molecule has 2 aromatic rings. The monoisotopic (exact) mass is 393 g/mol. The van der Waals surface area contributed by atoms with E-state index in [-0.39, 0.29) is 11.8 Å². The average Bonchev–Trinajstić information content (AvgIpc) is 3.26. The van der Waals surface area contributed by atoms with Crippen LogP contribution in [0.4, 0.5) is 11.4 Å². The molecule has 1 N–H and O–H groups in total. The van der Waals surface area contributed by atoms with Crippen LogP contribution in [0.25, 0.3) is 0 Å². The number of aryl methyl sites for hydroxylation is 1. The van der Waals surface area contributed by atoms with E-state index in [2.05, 4.69) is 34.5 Å². The maximum absolute atomic E-state index is 12.3. The van der Waals surface area contributed by atoms with Crippen molar-refractivity contribution in [3.63, 3.8) is 0 Å². The highest BCUT2D eigenvalue weighted by Crippen LogP contribution is 2.22. The smallest absolute Gasteiger partial charge is 0.226 e. The minimum atomic E-state index is -0.0618. The fourth-order valence-corrected chi connectivity index (χ4v) is 3.74. The van der Waals surface area contributed by atoms with Gasteiger partial charge in [0, 0.05) is 50.9 Å². The number of carbonyl (C=O) groups excluding carboxylic acids is 2. The molecule has 0 unspecified atom stereocenters. The summed E-state index contributed by atoms with van der Waals surface area (Å²) < 4.78 is 0. The number of benzene rings is 2. The Labute approximate surface area is 173 Å². The number of hydrogen-bond donors (Lipinski definition) is 1. The van der Waals surface area contributed by atoms with E-state index in [1.165, 1.54) is 24.1 Å². The molecule has 5 heteroatoms. The van der Waals surface area contributed by atoms with Gasteiger partial charge in [0.1, 0.15) is 0 Å². The first kappa shape index (κ1) is 20.9. The van der Waals surface area contributed by atoms with Gasteiger partial charge in [-0.05, 0) is 55.5 Å². The van der Waals surface area contributed by atoms with Crippen molar-refractivity contribution in [1.82, 2.24) is 4.90 Å². The molecule has 0 aromatic heterocycles. The maximum atomic E-state index is 12.3. The molecule has 0 atom stereocenters. The fourth-order valence-electron chi connectivity index (χ4n) is 3.74. The Kier molecular flexibility index (Phi) is 7.68. The lowest BCUT2D eigenvalue weighted by atomic mass is 10.1. The molecular formula is C24H31N3O2. The fraction of sp³-hybridized carbons (Fsp3) is 0.417. The van der Waals surface area contributed by atoms with Gasteiger partial charge in [0.15, 0.2) is 0 Å². The third-order valence-corrected chi connectivity index (χ3v) is 5.41. The highest BCUT2D eigenvalue weighted by molar-refractivity contribution is 5.91. The van der Waals surface area contributed by atoms with E-state index in [0.717, 1.165) is 31.6 Å². The first-order chi connectivity index (χ1) is 14.1. The number of nitrogens with one attached hydrogen (secondary N) is 1. The number of rotatable bonds is 9. The number of carbonyl (C=O) groups is 2. The highest BCUT2D eigenvalue weighted by atomic mass is 16.2. The zero-order chi connectivity index (χ0) is 20.5. The zero-order valence-corrected chi connectivity index (χ0v) is 17.3. The Morgan fingerprint density at radius 3 is 2.31 bits per heavy atom. The van der Waals surface area contributed by atoms with Gasteiger partial charge in [0.2, 0.25) is 11.8 Å². The van der Waals surface area contributed by atoms with E-state index < -0.39 is 0 Å². The van der Waals surface area contributed by atoms with Crippen molar-refractivity contribution in [2.45, 2.75) is 39.0 Å². The van der Waals surface area contributed by atoms with Crippen LogP contribution in [0.5, 0.6) is 0 Å². The number of hydrogen-bond acceptors (Lipinski definition) is 3. The summed E-state index contributed by atoms with van der Waals surface area (Å²) in [6, 6.07) is 18.3. The predicted octanol–water partition coefficient (Wildman–Crippen LogP) is 4.10. The summed E-state index contributed by atoms with van der Waals surface area (Å²) in [5.41, 5.74) is 3.28. The molecular weight excluding hydrogens is 362 g/mol. The predicted molar refractivity (Wildman–Crippen MR) is 118 cm³/mol. The van der Waals surface area contributed by atoms with E-state index in [1.54, 1.807) is 11.8 Å². The molecule has 0 radical (unpaired) electrons. The zero-order valence-electron chi connectivity index (χ0n) is 17.3. The maximum Gasteiger partial charge on any atom is 0.226 e. The molecule has 3 rings (SSSR count). The molecule has 154 valence electrons. The van der Waals surface area contributed by atoms with Gasteiger partial charge in [-0.1, -0.05) is 30.3 Å². The molecule has 1 saturated heterocycles. The van der Waals surface area contributed by atoms with Crippen LogP contribution >= 0.6 is 0 Å². The molecule has 1 aliphatic heterocycles. The van der Waals surface area contributed by atoms with Crippen LogP contribution in [-0.2, 0) is 16.0 Å². The lowest BCUT2D eigenvalue weighted by molar-refractivity contribution is -0.129. The van der Waals surface area contributed by atoms with Crippen molar-refractivity contribution < 1.29 is 9.59 Å². The molecule has 2 amide bonds. The van der Waals surface area contributed by atoms with Crippen LogP contribution in [0.1, 0.15) is 38.2 Å². The first-order valence-electron chi connectivity index (χ1n) is 10.6. The van der Waals surface area contributed by atoms with Crippen LogP contribution in [-0.4, -0.2) is 42.9 Å². The standard InChI is InChI=1S/C24H31N3O2/c1-20(28)26(18-7-10-21-8-3-2-4-9-21)19-15-24(29)25-22-11-13-23(14-12-22)27-16-5-6-17-27/h2-4,8-9,11-14H,5-7,10,15-19H2,1H3,(H,25,29). The van der Waals surface area contributed by atoms with E-state index >= 15 is 0 Å². The van der Waals surface area contributed by atoms with E-state index in [1.807, 2.05) is 30.3 Å². The van der Waals surface area contributed by atoms with Crippen LogP contribution in [0.15, 0.2) is 54.6 Å². The Morgan fingerprint density at radius 1 is 0.966 bits per heavy atom. The average molecular weight is 394 g/mol. The minimum Gasteiger partial charge on any atom is -0.372 e. The Morgan fingerprint density at radius 2 is 1.66 bits per heavy atom. The van der Waals surface area contributed by atoms with Crippen molar-refractivity contribution in [3.8, 4) is 0 Å². The summed E-state index contributed by atoms with van der Waals surface area (Å²) in [7, 11) is 0. The van der Waals surface area contributed by atoms with Crippen LogP contribution in [0.2, 0.25) is 0 Å². The summed E-state index contributed by atoms with van der Waals surface area (Å²) in [4.78, 5) is 28.4. The number of anilines is 2. The van der Waals surface area contributed by atoms with Gasteiger partial charge in [-0.3, -0.25) is 9.59 Å². The van der Waals surface area contributed by atoms with Crippen LogP contribution < -0.4 is 10.2 Å². The second-order valence-corrected chi connectivity index (χ2v) is 7.63. The summed E-state index contributed by atoms with van der Waals surface area (Å²) in [6.07, 6.45) is 4.62. The topological polar surface area (TPSA) is 52.7 Å². The highest BCUT2D eigenvalue weighted by Gasteiger charge is 2.13. The first-order valence-corrected chi connectivity index (χ1v) is 10.6. The SMILES string of the molecule is CC(=O)N(CCCc1ccccc1)CCC(=O)Nc1ccc(N2CCCC2)cc1. The van der Waals surface area contributed by atoms with Crippen molar-refractivity contribution in [3.05, 3.63) is 60.2 Å². The van der Waals surface area contributed by atoms with Crippen molar-refractivity contribution in [2.75, 3.05) is 36.4 Å². The van der Waals surface area contributed by atoms with Gasteiger partial charge in [0.05, 0.1) is 0 Å². The van der Waals surface area contributed by atoms with E-state index in [0.29, 0.717) is 19.5 Å². The van der Waals surface area contributed by atoms with Gasteiger partial charge >= 0.3 is 0 Å². The third-order valence-electron chi connectivity index (χ3n) is 5.41. The second-order valence-electron chi connectivity index (χ2n) is 7.63. The molecule has 0 aliphatic carbocycles. The molecule has 29 heavy (non-hydrogen) atoms. The third kappa shape index (κ3) is 6.63. The van der Waals surface area contributed by atoms with Crippen LogP contribution in [0, 0.1) is 0 Å². The molecule has 1 heterocycles. The van der Waals surface area contributed by atoms with Gasteiger partial charge in [-0.2, -0.15) is 0 Å². The van der Waals surface area contributed by atoms with Crippen LogP contribution in [0.3, 0.4) is 0 Å². The molecule has 5 nitrogen and oxygen atoms in total.